The Bertz CT molecular complexity index is 1100. The Balaban J connectivity index is 1.87. The van der Waals surface area contributed by atoms with E-state index < -0.39 is 30.4 Å². The van der Waals surface area contributed by atoms with Gasteiger partial charge in [-0.15, -0.1) is 11.3 Å². The quantitative estimate of drug-likeness (QED) is 0.770. The molecule has 1 aliphatic heterocycles. The number of halogens is 3. The number of aromatic nitrogens is 2. The van der Waals surface area contributed by atoms with Gasteiger partial charge in [-0.3, -0.25) is 13.9 Å². The molecule has 11 heteroatoms. The number of hydrogen-bond donors (Lipinski definition) is 1. The van der Waals surface area contributed by atoms with Crippen LogP contribution < -0.4 is 16.6 Å². The van der Waals surface area contributed by atoms with E-state index in [2.05, 4.69) is 5.32 Å². The minimum atomic E-state index is -4.41. The molecule has 0 radical (unpaired) electrons. The predicted octanol–water partition coefficient (Wildman–Crippen LogP) is 3.13. The molecule has 0 spiro atoms. The normalized spacial score (nSPS) is 18.0. The number of alkyl halides is 3. The summed E-state index contributed by atoms with van der Waals surface area (Å²) in [5, 5.41) is 3.00. The van der Waals surface area contributed by atoms with Crippen LogP contribution in [-0.4, -0.2) is 39.3 Å². The van der Waals surface area contributed by atoms with Crippen LogP contribution in [0.1, 0.15) is 48.6 Å². The van der Waals surface area contributed by atoms with Crippen LogP contribution in [0.2, 0.25) is 0 Å². The van der Waals surface area contributed by atoms with Crippen molar-refractivity contribution in [3.8, 4) is 0 Å². The number of urea groups is 1. The lowest BCUT2D eigenvalue weighted by Crippen LogP contribution is -2.42. The van der Waals surface area contributed by atoms with Crippen LogP contribution >= 0.6 is 11.3 Å². The van der Waals surface area contributed by atoms with E-state index in [1.165, 1.54) is 0 Å². The fourth-order valence-corrected chi connectivity index (χ4v) is 5.65. The first-order chi connectivity index (χ1) is 14.2. The molecule has 1 saturated heterocycles. The average molecular weight is 444 g/mol. The number of thiophene rings is 1. The predicted molar refractivity (Wildman–Crippen MR) is 107 cm³/mol. The van der Waals surface area contributed by atoms with Gasteiger partial charge in [0.1, 0.15) is 4.83 Å². The van der Waals surface area contributed by atoms with E-state index in [0.29, 0.717) is 41.8 Å². The van der Waals surface area contributed by atoms with E-state index in [1.807, 2.05) is 0 Å². The third-order valence-electron chi connectivity index (χ3n) is 5.93. The Morgan fingerprint density at radius 1 is 1.17 bits per heavy atom. The first-order valence-corrected chi connectivity index (χ1v) is 10.9. The molecule has 0 bridgehead atoms. The zero-order valence-electron chi connectivity index (χ0n) is 16.5. The van der Waals surface area contributed by atoms with Gasteiger partial charge in [0.15, 0.2) is 0 Å². The van der Waals surface area contributed by atoms with Gasteiger partial charge >= 0.3 is 17.9 Å². The fraction of sp³-hybridized carbons (Fsp3) is 0.632. The van der Waals surface area contributed by atoms with E-state index in [-0.39, 0.29) is 23.4 Å². The Morgan fingerprint density at radius 3 is 2.47 bits per heavy atom. The molecule has 4 rings (SSSR count). The van der Waals surface area contributed by atoms with Crippen LogP contribution in [0.4, 0.5) is 18.0 Å². The number of nitrogens with one attached hydrogen (secondary N) is 1. The summed E-state index contributed by atoms with van der Waals surface area (Å²) < 4.78 is 41.0. The van der Waals surface area contributed by atoms with Crippen molar-refractivity contribution in [1.29, 1.82) is 0 Å². The van der Waals surface area contributed by atoms with Gasteiger partial charge in [-0.1, -0.05) is 12.8 Å². The van der Waals surface area contributed by atoms with Gasteiger partial charge in [-0.25, -0.2) is 9.59 Å². The maximum atomic E-state index is 13.3. The van der Waals surface area contributed by atoms with Gasteiger partial charge in [0, 0.05) is 30.6 Å². The van der Waals surface area contributed by atoms with Crippen molar-refractivity contribution in [2.45, 2.75) is 64.3 Å². The van der Waals surface area contributed by atoms with E-state index >= 15 is 0 Å². The van der Waals surface area contributed by atoms with Crippen LogP contribution in [0.15, 0.2) is 9.59 Å². The fourth-order valence-electron chi connectivity index (χ4n) is 4.32. The van der Waals surface area contributed by atoms with Crippen molar-refractivity contribution in [1.82, 2.24) is 19.4 Å². The van der Waals surface area contributed by atoms with Gasteiger partial charge in [0.25, 0.3) is 5.56 Å². The number of rotatable bonds is 5. The van der Waals surface area contributed by atoms with E-state index in [4.69, 9.17) is 0 Å². The molecule has 0 atom stereocenters. The zero-order valence-corrected chi connectivity index (χ0v) is 17.4. The molecule has 2 aliphatic rings. The lowest BCUT2D eigenvalue weighted by molar-refractivity contribution is -0.136. The molecule has 1 N–H and O–H groups in total. The molecular formula is C19H23F3N4O3S. The number of nitrogens with zero attached hydrogens (tertiary/aromatic N) is 3. The maximum absolute atomic E-state index is 13.3. The molecule has 1 aliphatic carbocycles. The van der Waals surface area contributed by atoms with Gasteiger partial charge in [-0.05, 0) is 25.3 Å². The molecule has 1 saturated carbocycles. The SMILES string of the molecule is Cc1c(CN2CCNC2=O)sc2c1c(=O)n(C1CCCC1)c(=O)n2CCC(F)(F)F. The van der Waals surface area contributed by atoms with Crippen LogP contribution in [0.5, 0.6) is 0 Å². The summed E-state index contributed by atoms with van der Waals surface area (Å²) >= 11 is 1.13. The number of carbonyl (C=O) groups excluding carboxylic acids is 1. The second kappa shape index (κ2) is 7.75. The first-order valence-electron chi connectivity index (χ1n) is 10.0. The smallest absolute Gasteiger partial charge is 0.336 e. The summed E-state index contributed by atoms with van der Waals surface area (Å²) in [5.74, 6) is 0. The summed E-state index contributed by atoms with van der Waals surface area (Å²) in [6.45, 7) is 2.50. The molecule has 2 aromatic heterocycles. The standard InChI is InChI=1S/C19H23F3N4O3S/c1-11-13(10-24-9-7-23-17(24)28)30-16-14(11)15(27)26(12-4-2-3-5-12)18(29)25(16)8-6-19(20,21)22/h12H,2-10H2,1H3,(H,23,28). The molecule has 2 aromatic rings. The van der Waals surface area contributed by atoms with Crippen LogP contribution in [0, 0.1) is 6.92 Å². The second-order valence-electron chi connectivity index (χ2n) is 7.90. The van der Waals surface area contributed by atoms with Gasteiger partial charge in [-0.2, -0.15) is 13.2 Å². The molecular weight excluding hydrogens is 421 g/mol. The van der Waals surface area contributed by atoms with Crippen molar-refractivity contribution in [3.63, 3.8) is 0 Å². The van der Waals surface area contributed by atoms with Crippen molar-refractivity contribution in [2.75, 3.05) is 13.1 Å². The summed E-state index contributed by atoms with van der Waals surface area (Å²) in [6.07, 6.45) is -2.45. The molecule has 2 amide bonds. The third kappa shape index (κ3) is 3.75. The highest BCUT2D eigenvalue weighted by Crippen LogP contribution is 2.32. The Labute approximate surface area is 174 Å². The highest BCUT2D eigenvalue weighted by Gasteiger charge is 2.31. The van der Waals surface area contributed by atoms with E-state index in [1.54, 1.807) is 11.8 Å². The Hall–Kier alpha value is -2.30. The van der Waals surface area contributed by atoms with Crippen molar-refractivity contribution in [3.05, 3.63) is 31.3 Å². The van der Waals surface area contributed by atoms with Gasteiger partial charge < -0.3 is 10.2 Å². The van der Waals surface area contributed by atoms with E-state index in [9.17, 15) is 27.6 Å². The Kier molecular flexibility index (Phi) is 5.41. The minimum absolute atomic E-state index is 0.218. The zero-order chi connectivity index (χ0) is 21.6. The highest BCUT2D eigenvalue weighted by atomic mass is 32.1. The maximum Gasteiger partial charge on any atom is 0.390 e. The summed E-state index contributed by atoms with van der Waals surface area (Å²) in [5.41, 5.74) is -0.474. The van der Waals surface area contributed by atoms with Crippen molar-refractivity contribution < 1.29 is 18.0 Å². The molecule has 0 unspecified atom stereocenters. The summed E-state index contributed by atoms with van der Waals surface area (Å²) in [4.78, 5) is 40.8. The molecule has 30 heavy (non-hydrogen) atoms. The number of amides is 2. The molecule has 7 nitrogen and oxygen atoms in total. The van der Waals surface area contributed by atoms with Crippen LogP contribution in [-0.2, 0) is 13.1 Å². The Morgan fingerprint density at radius 2 is 1.87 bits per heavy atom. The highest BCUT2D eigenvalue weighted by molar-refractivity contribution is 7.18. The average Bonchev–Trinajstić information content (AvgIpc) is 3.38. The monoisotopic (exact) mass is 444 g/mol. The van der Waals surface area contributed by atoms with E-state index in [0.717, 1.165) is 33.3 Å². The minimum Gasteiger partial charge on any atom is -0.336 e. The lowest BCUT2D eigenvalue weighted by atomic mass is 10.2. The second-order valence-corrected chi connectivity index (χ2v) is 8.98. The van der Waals surface area contributed by atoms with Crippen LogP contribution in [0.25, 0.3) is 10.2 Å². The molecule has 164 valence electrons. The van der Waals surface area contributed by atoms with Crippen LogP contribution in [0.3, 0.4) is 0 Å². The van der Waals surface area contributed by atoms with Crippen molar-refractivity contribution >= 4 is 27.6 Å². The third-order valence-corrected chi connectivity index (χ3v) is 7.23. The van der Waals surface area contributed by atoms with Gasteiger partial charge in [0.2, 0.25) is 0 Å². The van der Waals surface area contributed by atoms with Gasteiger partial charge in [0.05, 0.1) is 18.4 Å². The largest absolute Gasteiger partial charge is 0.390 e. The molecule has 0 aromatic carbocycles. The number of hydrogen-bond acceptors (Lipinski definition) is 4. The summed E-state index contributed by atoms with van der Waals surface area (Å²) in [6, 6.07) is -0.497. The number of carbonyl (C=O) groups is 1. The number of aryl methyl sites for hydroxylation is 2. The summed E-state index contributed by atoms with van der Waals surface area (Å²) in [7, 11) is 0. The van der Waals surface area contributed by atoms with Crippen molar-refractivity contribution in [2.24, 2.45) is 0 Å². The lowest BCUT2D eigenvalue weighted by Gasteiger charge is -2.17. The number of fused-ring (bicyclic) bond motifs is 1. The molecule has 2 fully saturated rings. The first kappa shape index (κ1) is 21.0. The molecule has 3 heterocycles. The topological polar surface area (TPSA) is 76.3 Å².